The van der Waals surface area contributed by atoms with Gasteiger partial charge in [0.05, 0.1) is 0 Å². The second-order valence-corrected chi connectivity index (χ2v) is 2.60. The van der Waals surface area contributed by atoms with Gasteiger partial charge in [-0.3, -0.25) is 4.79 Å². The Balaban J connectivity index is 4.52. The molecule has 0 N–H and O–H groups in total. The lowest BCUT2D eigenvalue weighted by Gasteiger charge is -1.99. The van der Waals surface area contributed by atoms with Crippen molar-refractivity contribution in [2.24, 2.45) is 0 Å². The summed E-state index contributed by atoms with van der Waals surface area (Å²) in [6.07, 6.45) is 3.11. The largest absolute Gasteiger partial charge is 0.298 e. The number of allylic oxidation sites excluding steroid dienone is 4. The zero-order valence-electron chi connectivity index (χ0n) is 6.56. The number of carbonyl (C=O) groups is 1. The zero-order valence-corrected chi connectivity index (χ0v) is 7.32. The van der Waals surface area contributed by atoms with Gasteiger partial charge < -0.3 is 0 Å². The van der Waals surface area contributed by atoms with Gasteiger partial charge in [0.15, 0.2) is 0 Å². The Bertz CT molecular complexity index is 214. The van der Waals surface area contributed by atoms with Gasteiger partial charge in [0.1, 0.15) is 6.29 Å². The highest BCUT2D eigenvalue weighted by Gasteiger charge is 1.97. The van der Waals surface area contributed by atoms with Crippen LogP contribution in [0.15, 0.2) is 35.4 Å². The molecule has 0 aliphatic carbocycles. The van der Waals surface area contributed by atoms with Crippen LogP contribution in [0, 0.1) is 0 Å². The Morgan fingerprint density at radius 1 is 1.55 bits per heavy atom. The fourth-order valence-corrected chi connectivity index (χ4v) is 0.818. The highest BCUT2D eigenvalue weighted by molar-refractivity contribution is 6.30. The Morgan fingerprint density at radius 3 is 2.36 bits per heavy atom. The van der Waals surface area contributed by atoms with Crippen LogP contribution in [0.3, 0.4) is 0 Å². The molecular formula is C9H11ClO. The van der Waals surface area contributed by atoms with E-state index in [0.717, 1.165) is 18.3 Å². The SMILES string of the molecule is C=C(Cl)C=C(CC)C(=C)C=O. The molecular weight excluding hydrogens is 160 g/mol. The van der Waals surface area contributed by atoms with Gasteiger partial charge >= 0.3 is 0 Å². The second-order valence-electron chi connectivity index (χ2n) is 2.11. The van der Waals surface area contributed by atoms with Crippen LogP contribution in [0.1, 0.15) is 13.3 Å². The minimum atomic E-state index is 0.421. The molecule has 0 aromatic carbocycles. The van der Waals surface area contributed by atoms with E-state index >= 15 is 0 Å². The minimum Gasteiger partial charge on any atom is -0.298 e. The smallest absolute Gasteiger partial charge is 0.149 e. The van der Waals surface area contributed by atoms with E-state index in [0.29, 0.717) is 10.6 Å². The van der Waals surface area contributed by atoms with Crippen LogP contribution in [0.25, 0.3) is 0 Å². The molecule has 2 heteroatoms. The third-order valence-corrected chi connectivity index (χ3v) is 1.38. The molecule has 0 radical (unpaired) electrons. The molecule has 0 amide bonds. The monoisotopic (exact) mass is 170 g/mol. The maximum Gasteiger partial charge on any atom is 0.149 e. The molecule has 0 aliphatic rings. The molecule has 0 heterocycles. The molecule has 0 fully saturated rings. The van der Waals surface area contributed by atoms with Gasteiger partial charge in [0.2, 0.25) is 0 Å². The van der Waals surface area contributed by atoms with Crippen molar-refractivity contribution < 1.29 is 4.79 Å². The first kappa shape index (κ1) is 10.2. The van der Waals surface area contributed by atoms with Crippen molar-refractivity contribution >= 4 is 17.9 Å². The predicted molar refractivity (Wildman–Crippen MR) is 48.6 cm³/mol. The minimum absolute atomic E-state index is 0.421. The van der Waals surface area contributed by atoms with Crippen LogP contribution in [-0.2, 0) is 4.79 Å². The molecule has 0 aromatic rings. The topological polar surface area (TPSA) is 17.1 Å². The number of rotatable bonds is 4. The maximum atomic E-state index is 10.3. The number of hydrogen-bond donors (Lipinski definition) is 0. The quantitative estimate of drug-likeness (QED) is 0.360. The third kappa shape index (κ3) is 3.79. The average molecular weight is 171 g/mol. The standard InChI is InChI=1S/C9H11ClO/c1-4-9(5-8(3)10)7(2)6-11/h5-6H,2-4H2,1H3. The van der Waals surface area contributed by atoms with E-state index in [4.69, 9.17) is 11.6 Å². The van der Waals surface area contributed by atoms with Gasteiger partial charge in [-0.1, -0.05) is 31.7 Å². The average Bonchev–Trinajstić information content (AvgIpc) is 1.98. The van der Waals surface area contributed by atoms with E-state index in [1.54, 1.807) is 6.08 Å². The lowest BCUT2D eigenvalue weighted by atomic mass is 10.1. The first-order valence-electron chi connectivity index (χ1n) is 3.31. The summed E-state index contributed by atoms with van der Waals surface area (Å²) in [6, 6.07) is 0. The molecule has 0 bridgehead atoms. The van der Waals surface area contributed by atoms with E-state index in [2.05, 4.69) is 13.2 Å². The molecule has 0 saturated heterocycles. The van der Waals surface area contributed by atoms with E-state index in [1.165, 1.54) is 0 Å². The summed E-state index contributed by atoms with van der Waals surface area (Å²) in [5.41, 5.74) is 1.30. The lowest BCUT2D eigenvalue weighted by Crippen LogP contribution is -1.87. The maximum absolute atomic E-state index is 10.3. The zero-order chi connectivity index (χ0) is 8.85. The summed E-state index contributed by atoms with van der Waals surface area (Å²) in [7, 11) is 0. The molecule has 0 spiro atoms. The molecule has 60 valence electrons. The van der Waals surface area contributed by atoms with Gasteiger partial charge in [0, 0.05) is 10.6 Å². The molecule has 0 unspecified atom stereocenters. The van der Waals surface area contributed by atoms with Crippen molar-refractivity contribution in [1.82, 2.24) is 0 Å². The Hall–Kier alpha value is -0.820. The van der Waals surface area contributed by atoms with Gasteiger partial charge in [-0.05, 0) is 18.1 Å². The summed E-state index contributed by atoms with van der Waals surface area (Å²) < 4.78 is 0. The van der Waals surface area contributed by atoms with Crippen molar-refractivity contribution in [2.45, 2.75) is 13.3 Å². The third-order valence-electron chi connectivity index (χ3n) is 1.27. The van der Waals surface area contributed by atoms with Crippen LogP contribution in [0.4, 0.5) is 0 Å². The normalized spacial score (nSPS) is 10.9. The van der Waals surface area contributed by atoms with Crippen molar-refractivity contribution in [3.8, 4) is 0 Å². The van der Waals surface area contributed by atoms with Crippen molar-refractivity contribution in [3.05, 3.63) is 35.4 Å². The van der Waals surface area contributed by atoms with Crippen LogP contribution in [-0.4, -0.2) is 6.29 Å². The van der Waals surface area contributed by atoms with E-state index in [1.807, 2.05) is 6.92 Å². The van der Waals surface area contributed by atoms with Gasteiger partial charge in [-0.25, -0.2) is 0 Å². The summed E-state index contributed by atoms with van der Waals surface area (Å²) in [4.78, 5) is 10.3. The number of aldehydes is 1. The van der Waals surface area contributed by atoms with Crippen LogP contribution >= 0.6 is 11.6 Å². The molecule has 1 nitrogen and oxygen atoms in total. The van der Waals surface area contributed by atoms with Gasteiger partial charge in [-0.15, -0.1) is 0 Å². The van der Waals surface area contributed by atoms with E-state index in [9.17, 15) is 4.79 Å². The summed E-state index contributed by atoms with van der Waals surface area (Å²) >= 11 is 5.52. The van der Waals surface area contributed by atoms with Crippen LogP contribution in [0.5, 0.6) is 0 Å². The molecule has 11 heavy (non-hydrogen) atoms. The molecule has 0 aromatic heterocycles. The van der Waals surface area contributed by atoms with Crippen LogP contribution in [0.2, 0.25) is 0 Å². The Kier molecular flexibility index (Phi) is 4.55. The van der Waals surface area contributed by atoms with Gasteiger partial charge in [0.25, 0.3) is 0 Å². The number of hydrogen-bond acceptors (Lipinski definition) is 1. The first-order chi connectivity index (χ1) is 5.11. The Morgan fingerprint density at radius 2 is 2.09 bits per heavy atom. The van der Waals surface area contributed by atoms with Crippen molar-refractivity contribution in [3.63, 3.8) is 0 Å². The lowest BCUT2D eigenvalue weighted by molar-refractivity contribution is -0.104. The number of halogens is 1. The number of carbonyl (C=O) groups excluding carboxylic acids is 1. The fourth-order valence-electron chi connectivity index (χ4n) is 0.687. The van der Waals surface area contributed by atoms with Crippen LogP contribution < -0.4 is 0 Å². The molecule has 0 rings (SSSR count). The first-order valence-corrected chi connectivity index (χ1v) is 3.69. The highest BCUT2D eigenvalue weighted by atomic mass is 35.5. The summed E-state index contributed by atoms with van der Waals surface area (Å²) in [5, 5.41) is 0.421. The van der Waals surface area contributed by atoms with E-state index in [-0.39, 0.29) is 0 Å². The van der Waals surface area contributed by atoms with Crippen molar-refractivity contribution in [2.75, 3.05) is 0 Å². The van der Waals surface area contributed by atoms with Gasteiger partial charge in [-0.2, -0.15) is 0 Å². The highest BCUT2D eigenvalue weighted by Crippen LogP contribution is 2.13. The fraction of sp³-hybridized carbons (Fsp3) is 0.222. The molecule has 0 saturated carbocycles. The summed E-state index contributed by atoms with van der Waals surface area (Å²) in [6.45, 7) is 8.98. The molecule has 0 atom stereocenters. The second kappa shape index (κ2) is 4.91. The molecule has 0 aliphatic heterocycles. The van der Waals surface area contributed by atoms with E-state index < -0.39 is 0 Å². The summed E-state index contributed by atoms with van der Waals surface area (Å²) in [5.74, 6) is 0. The van der Waals surface area contributed by atoms with Crippen molar-refractivity contribution in [1.29, 1.82) is 0 Å². The predicted octanol–water partition coefficient (Wildman–Crippen LogP) is 2.83. The Labute approximate surface area is 72.1 Å².